The van der Waals surface area contributed by atoms with Gasteiger partial charge in [0.05, 0.1) is 12.2 Å². The van der Waals surface area contributed by atoms with Gasteiger partial charge in [-0.25, -0.2) is 0 Å². The Morgan fingerprint density at radius 2 is 2.33 bits per heavy atom. The van der Waals surface area contributed by atoms with E-state index in [1.54, 1.807) is 6.20 Å². The lowest BCUT2D eigenvalue weighted by Crippen LogP contribution is -2.45. The molecule has 1 aliphatic rings. The number of para-hydroxylation sites is 2. The number of hydrogen-bond donors (Lipinski definition) is 2. The number of ether oxygens (including phenoxy) is 1. The molecule has 110 valence electrons. The monoisotopic (exact) mass is 286 g/mol. The maximum Gasteiger partial charge on any atom is 0.262 e. The van der Waals surface area contributed by atoms with Crippen LogP contribution >= 0.6 is 0 Å². The van der Waals surface area contributed by atoms with Crippen LogP contribution in [0.2, 0.25) is 0 Å². The summed E-state index contributed by atoms with van der Waals surface area (Å²) in [5.74, 6) is 0.637. The zero-order valence-electron chi connectivity index (χ0n) is 11.7. The summed E-state index contributed by atoms with van der Waals surface area (Å²) in [7, 11) is 0. The topological polar surface area (TPSA) is 68.2 Å². The van der Waals surface area contributed by atoms with Crippen molar-refractivity contribution in [1.29, 1.82) is 0 Å². The minimum atomic E-state index is -0.482. The van der Waals surface area contributed by atoms with Crippen LogP contribution in [0.3, 0.4) is 0 Å². The van der Waals surface area contributed by atoms with Gasteiger partial charge in [-0.3, -0.25) is 9.48 Å². The van der Waals surface area contributed by atoms with Gasteiger partial charge in [-0.15, -0.1) is 0 Å². The average Bonchev–Trinajstić information content (AvgIpc) is 3.04. The molecule has 1 aromatic carbocycles. The van der Waals surface area contributed by atoms with E-state index in [2.05, 4.69) is 15.7 Å². The van der Waals surface area contributed by atoms with E-state index in [0.717, 1.165) is 24.4 Å². The third-order valence-corrected chi connectivity index (χ3v) is 3.35. The Labute approximate surface area is 123 Å². The maximum atomic E-state index is 12.1. The van der Waals surface area contributed by atoms with Crippen LogP contribution < -0.4 is 15.4 Å². The number of nitrogens with zero attached hydrogens (tertiary/aromatic N) is 2. The predicted molar refractivity (Wildman–Crippen MR) is 79.2 cm³/mol. The summed E-state index contributed by atoms with van der Waals surface area (Å²) in [4.78, 5) is 12.1. The molecule has 0 saturated heterocycles. The van der Waals surface area contributed by atoms with E-state index in [1.807, 2.05) is 41.2 Å². The van der Waals surface area contributed by atoms with Crippen LogP contribution in [0.1, 0.15) is 6.42 Å². The highest BCUT2D eigenvalue weighted by Gasteiger charge is 2.25. The summed E-state index contributed by atoms with van der Waals surface area (Å²) in [5.41, 5.74) is 0.931. The lowest BCUT2D eigenvalue weighted by atomic mass is 10.2. The first-order valence-electron chi connectivity index (χ1n) is 7.07. The number of anilines is 1. The van der Waals surface area contributed by atoms with Crippen molar-refractivity contribution < 1.29 is 9.53 Å². The van der Waals surface area contributed by atoms with Gasteiger partial charge in [0.1, 0.15) is 5.75 Å². The molecule has 0 spiro atoms. The van der Waals surface area contributed by atoms with Crippen molar-refractivity contribution in [2.45, 2.75) is 19.1 Å². The third-order valence-electron chi connectivity index (χ3n) is 3.35. The van der Waals surface area contributed by atoms with Gasteiger partial charge >= 0.3 is 0 Å². The van der Waals surface area contributed by atoms with Gasteiger partial charge in [-0.1, -0.05) is 12.1 Å². The molecule has 6 nitrogen and oxygen atoms in total. The summed E-state index contributed by atoms with van der Waals surface area (Å²) in [6, 6.07) is 9.51. The van der Waals surface area contributed by atoms with Crippen LogP contribution in [0.4, 0.5) is 5.69 Å². The van der Waals surface area contributed by atoms with Gasteiger partial charge in [0.2, 0.25) is 0 Å². The van der Waals surface area contributed by atoms with Crippen LogP contribution in [-0.2, 0) is 11.3 Å². The smallest absolute Gasteiger partial charge is 0.262 e. The summed E-state index contributed by atoms with van der Waals surface area (Å²) >= 11 is 0. The Hall–Kier alpha value is -2.50. The first-order valence-corrected chi connectivity index (χ1v) is 7.07. The number of hydrogen-bond acceptors (Lipinski definition) is 4. The Morgan fingerprint density at radius 1 is 1.43 bits per heavy atom. The number of aryl methyl sites for hydroxylation is 1. The fourth-order valence-electron chi connectivity index (χ4n) is 2.26. The first kappa shape index (κ1) is 13.5. The van der Waals surface area contributed by atoms with Crippen LogP contribution in [0.25, 0.3) is 0 Å². The average molecular weight is 286 g/mol. The Bertz CT molecular complexity index is 597. The van der Waals surface area contributed by atoms with E-state index in [-0.39, 0.29) is 5.91 Å². The number of aromatic nitrogens is 2. The standard InChI is InChI=1S/C15H18N4O2/c20-15(16-7-3-9-19-10-4-8-18-19)14-11-17-12-5-1-2-6-13(12)21-14/h1-2,4-6,8,10,14,17H,3,7,9,11H2,(H,16,20). The largest absolute Gasteiger partial charge is 0.477 e. The molecule has 0 saturated carbocycles. The molecule has 2 aromatic rings. The summed E-state index contributed by atoms with van der Waals surface area (Å²) in [6.07, 6.45) is 4.01. The molecule has 3 rings (SSSR count). The summed E-state index contributed by atoms with van der Waals surface area (Å²) < 4.78 is 7.55. The molecular formula is C15H18N4O2. The van der Waals surface area contributed by atoms with Crippen LogP contribution in [-0.4, -0.2) is 34.9 Å². The van der Waals surface area contributed by atoms with Crippen molar-refractivity contribution in [3.63, 3.8) is 0 Å². The van der Waals surface area contributed by atoms with Crippen LogP contribution in [0.5, 0.6) is 5.75 Å². The summed E-state index contributed by atoms with van der Waals surface area (Å²) in [6.45, 7) is 1.89. The molecule has 21 heavy (non-hydrogen) atoms. The fraction of sp³-hybridized carbons (Fsp3) is 0.333. The van der Waals surface area contributed by atoms with Crippen molar-refractivity contribution in [1.82, 2.24) is 15.1 Å². The second kappa shape index (κ2) is 6.30. The molecule has 2 N–H and O–H groups in total. The number of rotatable bonds is 5. The highest BCUT2D eigenvalue weighted by atomic mass is 16.5. The minimum Gasteiger partial charge on any atom is -0.477 e. The summed E-state index contributed by atoms with van der Waals surface area (Å²) in [5, 5.41) is 10.2. The number of amides is 1. The van der Waals surface area contributed by atoms with E-state index in [4.69, 9.17) is 4.74 Å². The molecule has 0 aliphatic carbocycles. The van der Waals surface area contributed by atoms with Gasteiger partial charge in [0, 0.05) is 25.5 Å². The SMILES string of the molecule is O=C(NCCCn1cccn1)C1CNc2ccccc2O1. The normalized spacial score (nSPS) is 16.5. The highest BCUT2D eigenvalue weighted by Crippen LogP contribution is 2.28. The Balaban J connectivity index is 1.44. The second-order valence-electron chi connectivity index (χ2n) is 4.90. The fourth-order valence-corrected chi connectivity index (χ4v) is 2.26. The van der Waals surface area contributed by atoms with E-state index in [0.29, 0.717) is 13.1 Å². The van der Waals surface area contributed by atoms with Gasteiger partial charge in [-0.05, 0) is 24.6 Å². The minimum absolute atomic E-state index is 0.0857. The number of carbonyl (C=O) groups excluding carboxylic acids is 1. The first-order chi connectivity index (χ1) is 10.3. The molecule has 0 fully saturated rings. The van der Waals surface area contributed by atoms with Crippen molar-refractivity contribution in [2.75, 3.05) is 18.4 Å². The van der Waals surface area contributed by atoms with Gasteiger partial charge in [0.25, 0.3) is 5.91 Å². The maximum absolute atomic E-state index is 12.1. The number of benzene rings is 1. The molecule has 0 bridgehead atoms. The molecule has 1 amide bonds. The predicted octanol–water partition coefficient (Wildman–Crippen LogP) is 1.26. The van der Waals surface area contributed by atoms with Crippen LogP contribution in [0.15, 0.2) is 42.7 Å². The molecule has 2 heterocycles. The van der Waals surface area contributed by atoms with E-state index < -0.39 is 6.10 Å². The number of carbonyl (C=O) groups is 1. The third kappa shape index (κ3) is 3.34. The van der Waals surface area contributed by atoms with E-state index >= 15 is 0 Å². The van der Waals surface area contributed by atoms with E-state index in [1.165, 1.54) is 0 Å². The number of fused-ring (bicyclic) bond motifs is 1. The van der Waals surface area contributed by atoms with Gasteiger partial charge in [0.15, 0.2) is 6.10 Å². The lowest BCUT2D eigenvalue weighted by Gasteiger charge is -2.26. The van der Waals surface area contributed by atoms with Gasteiger partial charge in [-0.2, -0.15) is 5.10 Å². The van der Waals surface area contributed by atoms with Crippen LogP contribution in [0, 0.1) is 0 Å². The zero-order valence-corrected chi connectivity index (χ0v) is 11.7. The molecular weight excluding hydrogens is 268 g/mol. The van der Waals surface area contributed by atoms with Gasteiger partial charge < -0.3 is 15.4 Å². The van der Waals surface area contributed by atoms with Crippen molar-refractivity contribution in [3.05, 3.63) is 42.7 Å². The Kier molecular flexibility index (Phi) is 4.04. The molecule has 1 atom stereocenters. The number of nitrogens with one attached hydrogen (secondary N) is 2. The molecule has 1 aliphatic heterocycles. The molecule has 1 unspecified atom stereocenters. The quantitative estimate of drug-likeness (QED) is 0.812. The van der Waals surface area contributed by atoms with Crippen molar-refractivity contribution in [2.24, 2.45) is 0 Å². The second-order valence-corrected chi connectivity index (χ2v) is 4.90. The van der Waals surface area contributed by atoms with E-state index in [9.17, 15) is 4.79 Å². The highest BCUT2D eigenvalue weighted by molar-refractivity contribution is 5.83. The Morgan fingerprint density at radius 3 is 3.19 bits per heavy atom. The van der Waals surface area contributed by atoms with Crippen molar-refractivity contribution >= 4 is 11.6 Å². The van der Waals surface area contributed by atoms with Crippen molar-refractivity contribution in [3.8, 4) is 5.75 Å². The molecule has 6 heteroatoms. The lowest BCUT2D eigenvalue weighted by molar-refractivity contribution is -0.127. The molecule has 1 aromatic heterocycles. The zero-order chi connectivity index (χ0) is 14.5. The molecule has 0 radical (unpaired) electrons.